The Hall–Kier alpha value is -4.01. The lowest BCUT2D eigenvalue weighted by Gasteiger charge is -2.26. The number of fused-ring (bicyclic) bond motifs is 1. The second kappa shape index (κ2) is 11.2. The highest BCUT2D eigenvalue weighted by molar-refractivity contribution is 6.33. The minimum Gasteiger partial charge on any atom is -0.480 e. The molecule has 0 radical (unpaired) electrons. The Bertz CT molecular complexity index is 1400. The van der Waals surface area contributed by atoms with Gasteiger partial charge in [0.05, 0.1) is 23.8 Å². The fraction of sp³-hybridized carbons (Fsp3) is 0.241. The molecule has 3 aromatic rings. The topological polar surface area (TPSA) is 112 Å². The van der Waals surface area contributed by atoms with Crippen molar-refractivity contribution in [2.75, 3.05) is 32.0 Å². The van der Waals surface area contributed by atoms with Crippen molar-refractivity contribution < 1.29 is 23.9 Å². The molecular formula is C29H26ClN3O5. The summed E-state index contributed by atoms with van der Waals surface area (Å²) < 4.78 is 11.2. The molecule has 1 amide bonds. The lowest BCUT2D eigenvalue weighted by molar-refractivity contribution is -0.114. The van der Waals surface area contributed by atoms with E-state index in [9.17, 15) is 14.4 Å². The van der Waals surface area contributed by atoms with Crippen LogP contribution in [-0.2, 0) is 9.53 Å². The quantitative estimate of drug-likeness (QED) is 0.448. The van der Waals surface area contributed by atoms with Gasteiger partial charge in [0.1, 0.15) is 11.6 Å². The highest BCUT2D eigenvalue weighted by Gasteiger charge is 2.34. The number of carbonyl (C=O) groups excluding carboxylic acids is 3. The number of nitrogen functional groups attached to an aromatic ring is 1. The van der Waals surface area contributed by atoms with Gasteiger partial charge in [-0.1, -0.05) is 23.7 Å². The van der Waals surface area contributed by atoms with Gasteiger partial charge in [0, 0.05) is 31.3 Å². The molecule has 0 spiro atoms. The highest BCUT2D eigenvalue weighted by atomic mass is 35.5. The standard InChI is InChI=1S/C29H26ClN3O5/c30-24-16-21(19-3-5-20(6-4-19)29(36)33-11-13-37-14-12-33)15-23-27(35)25(38-28(23)24)9-8-22(34)7-1-18-2-10-26(31)32-17-18/h1-7,10,15-17,25H,8-9,11-14H2,(H2,31,32)/b7-1+. The molecule has 1 atom stereocenters. The van der Waals surface area contributed by atoms with E-state index in [2.05, 4.69) is 4.98 Å². The van der Waals surface area contributed by atoms with Crippen molar-refractivity contribution in [1.29, 1.82) is 0 Å². The molecule has 2 aliphatic rings. The van der Waals surface area contributed by atoms with Crippen molar-refractivity contribution in [2.45, 2.75) is 18.9 Å². The largest absolute Gasteiger partial charge is 0.480 e. The van der Waals surface area contributed by atoms with Crippen LogP contribution < -0.4 is 10.5 Å². The van der Waals surface area contributed by atoms with Crippen LogP contribution in [0.2, 0.25) is 5.02 Å². The first-order valence-electron chi connectivity index (χ1n) is 12.3. The van der Waals surface area contributed by atoms with Crippen LogP contribution in [0.3, 0.4) is 0 Å². The molecule has 9 heteroatoms. The summed E-state index contributed by atoms with van der Waals surface area (Å²) in [4.78, 5) is 43.9. The highest BCUT2D eigenvalue weighted by Crippen LogP contribution is 2.40. The average Bonchev–Trinajstić information content (AvgIpc) is 3.27. The van der Waals surface area contributed by atoms with Gasteiger partial charge in [-0.25, -0.2) is 4.98 Å². The van der Waals surface area contributed by atoms with Crippen molar-refractivity contribution in [3.8, 4) is 16.9 Å². The second-order valence-electron chi connectivity index (χ2n) is 9.14. The Morgan fingerprint density at radius 3 is 2.55 bits per heavy atom. The van der Waals surface area contributed by atoms with Crippen molar-refractivity contribution in [3.05, 3.63) is 82.5 Å². The maximum absolute atomic E-state index is 13.1. The van der Waals surface area contributed by atoms with Gasteiger partial charge in [-0.05, 0) is 71.7 Å². The maximum Gasteiger partial charge on any atom is 0.254 e. The monoisotopic (exact) mass is 531 g/mol. The van der Waals surface area contributed by atoms with E-state index in [1.54, 1.807) is 53.6 Å². The predicted octanol–water partition coefficient (Wildman–Crippen LogP) is 4.46. The summed E-state index contributed by atoms with van der Waals surface area (Å²) in [6.07, 6.45) is 4.30. The molecule has 1 aromatic heterocycles. The average molecular weight is 532 g/mol. The molecule has 0 saturated carbocycles. The van der Waals surface area contributed by atoms with E-state index in [1.807, 2.05) is 12.1 Å². The van der Waals surface area contributed by atoms with Gasteiger partial charge in [-0.2, -0.15) is 0 Å². The lowest BCUT2D eigenvalue weighted by atomic mass is 9.98. The minimum absolute atomic E-state index is 0.0345. The number of carbonyl (C=O) groups is 3. The second-order valence-corrected chi connectivity index (χ2v) is 9.55. The number of halogens is 1. The number of pyridine rings is 1. The van der Waals surface area contributed by atoms with Gasteiger partial charge in [-0.15, -0.1) is 0 Å². The summed E-state index contributed by atoms with van der Waals surface area (Å²) in [6, 6.07) is 14.1. The van der Waals surface area contributed by atoms with Crippen molar-refractivity contribution in [2.24, 2.45) is 0 Å². The molecule has 1 fully saturated rings. The van der Waals surface area contributed by atoms with Gasteiger partial charge in [0.15, 0.2) is 11.9 Å². The molecule has 1 unspecified atom stereocenters. The predicted molar refractivity (Wildman–Crippen MR) is 144 cm³/mol. The Balaban J connectivity index is 1.23. The molecule has 0 aliphatic carbocycles. The number of rotatable bonds is 7. The first-order valence-corrected chi connectivity index (χ1v) is 12.7. The number of ketones is 2. The molecule has 0 bridgehead atoms. The SMILES string of the molecule is Nc1ccc(/C=C/C(=O)CCC2Oc3c(Cl)cc(-c4ccc(C(=O)N5CCOCC5)cc4)cc3C2=O)cn1. The number of Topliss-reactive ketones (excluding diaryl/α,β-unsaturated/α-hetero) is 1. The number of hydrogen-bond donors (Lipinski definition) is 1. The molecule has 38 heavy (non-hydrogen) atoms. The van der Waals surface area contributed by atoms with Crippen LogP contribution in [0, 0.1) is 0 Å². The van der Waals surface area contributed by atoms with Gasteiger partial charge in [0.2, 0.25) is 5.78 Å². The van der Waals surface area contributed by atoms with Crippen LogP contribution in [0.4, 0.5) is 5.82 Å². The zero-order chi connectivity index (χ0) is 26.6. The Morgan fingerprint density at radius 1 is 1.08 bits per heavy atom. The fourth-order valence-corrected chi connectivity index (χ4v) is 4.70. The summed E-state index contributed by atoms with van der Waals surface area (Å²) >= 11 is 6.49. The Morgan fingerprint density at radius 2 is 1.84 bits per heavy atom. The van der Waals surface area contributed by atoms with E-state index in [4.69, 9.17) is 26.8 Å². The number of nitrogens with two attached hydrogens (primary N) is 1. The molecule has 3 heterocycles. The summed E-state index contributed by atoms with van der Waals surface area (Å²) in [5.41, 5.74) is 8.87. The van der Waals surface area contributed by atoms with Gasteiger partial charge >= 0.3 is 0 Å². The van der Waals surface area contributed by atoms with Gasteiger partial charge in [0.25, 0.3) is 5.91 Å². The van der Waals surface area contributed by atoms with E-state index < -0.39 is 6.10 Å². The molecule has 2 aromatic carbocycles. The molecule has 2 aliphatic heterocycles. The summed E-state index contributed by atoms with van der Waals surface area (Å²) in [5, 5.41) is 0.323. The number of morpholine rings is 1. The third kappa shape index (κ3) is 5.61. The number of allylic oxidation sites excluding steroid dienone is 1. The summed E-state index contributed by atoms with van der Waals surface area (Å²) in [5.74, 6) is 0.367. The van der Waals surface area contributed by atoms with Crippen LogP contribution in [0.25, 0.3) is 17.2 Å². The van der Waals surface area contributed by atoms with Crippen LogP contribution in [0.5, 0.6) is 5.75 Å². The molecule has 5 rings (SSSR count). The van der Waals surface area contributed by atoms with Gasteiger partial charge < -0.3 is 20.1 Å². The van der Waals surface area contributed by atoms with E-state index >= 15 is 0 Å². The number of amides is 1. The lowest BCUT2D eigenvalue weighted by Crippen LogP contribution is -2.40. The number of hydrogen-bond acceptors (Lipinski definition) is 7. The molecule has 1 saturated heterocycles. The van der Waals surface area contributed by atoms with E-state index in [0.29, 0.717) is 54.0 Å². The van der Waals surface area contributed by atoms with Crippen LogP contribution in [-0.4, -0.2) is 59.8 Å². The number of aromatic nitrogens is 1. The van der Waals surface area contributed by atoms with E-state index in [-0.39, 0.29) is 30.3 Å². The first-order chi connectivity index (χ1) is 18.4. The number of nitrogens with zero attached hydrogens (tertiary/aromatic N) is 2. The zero-order valence-electron chi connectivity index (χ0n) is 20.6. The van der Waals surface area contributed by atoms with Crippen molar-refractivity contribution in [1.82, 2.24) is 9.88 Å². The molecular weight excluding hydrogens is 506 g/mol. The molecule has 2 N–H and O–H groups in total. The smallest absolute Gasteiger partial charge is 0.254 e. The third-order valence-electron chi connectivity index (χ3n) is 6.55. The molecule has 194 valence electrons. The van der Waals surface area contributed by atoms with Crippen molar-refractivity contribution >= 4 is 41.0 Å². The molecule has 8 nitrogen and oxygen atoms in total. The number of ether oxygens (including phenoxy) is 2. The number of anilines is 1. The summed E-state index contributed by atoms with van der Waals surface area (Å²) in [6.45, 7) is 2.24. The van der Waals surface area contributed by atoms with Crippen LogP contribution in [0.15, 0.2) is 60.8 Å². The fourth-order valence-electron chi connectivity index (χ4n) is 4.44. The van der Waals surface area contributed by atoms with E-state index in [0.717, 1.165) is 16.7 Å². The number of benzene rings is 2. The minimum atomic E-state index is -0.776. The van der Waals surface area contributed by atoms with Crippen molar-refractivity contribution in [3.63, 3.8) is 0 Å². The third-order valence-corrected chi connectivity index (χ3v) is 6.83. The zero-order valence-corrected chi connectivity index (χ0v) is 21.3. The van der Waals surface area contributed by atoms with Gasteiger partial charge in [-0.3, -0.25) is 14.4 Å². The first kappa shape index (κ1) is 25.6. The van der Waals surface area contributed by atoms with Crippen LogP contribution >= 0.6 is 11.6 Å². The normalized spacial score (nSPS) is 16.9. The maximum atomic E-state index is 13.1. The Kier molecular flexibility index (Phi) is 7.53. The Labute approximate surface area is 225 Å². The van der Waals surface area contributed by atoms with Crippen LogP contribution in [0.1, 0.15) is 39.1 Å². The van der Waals surface area contributed by atoms with E-state index in [1.165, 1.54) is 6.08 Å². The summed E-state index contributed by atoms with van der Waals surface area (Å²) in [7, 11) is 0.